The molecule has 1 saturated carbocycles. The van der Waals surface area contributed by atoms with Crippen LogP contribution in [0, 0.1) is 10.1 Å². The summed E-state index contributed by atoms with van der Waals surface area (Å²) < 4.78 is 11.0. The zero-order valence-corrected chi connectivity index (χ0v) is 12.5. The molecule has 1 aromatic carbocycles. The van der Waals surface area contributed by atoms with Gasteiger partial charge in [0.15, 0.2) is 5.75 Å². The molecule has 0 spiro atoms. The van der Waals surface area contributed by atoms with Crippen molar-refractivity contribution in [3.05, 3.63) is 33.9 Å². The number of likely N-dealkylation sites (N-methyl/N-ethyl adjacent to an activating group) is 1. The fourth-order valence-corrected chi connectivity index (χ4v) is 2.80. The van der Waals surface area contributed by atoms with Gasteiger partial charge in [-0.05, 0) is 31.5 Å². The van der Waals surface area contributed by atoms with Crippen LogP contribution in [0.3, 0.4) is 0 Å². The van der Waals surface area contributed by atoms with Crippen molar-refractivity contribution in [1.82, 2.24) is 5.32 Å². The molecule has 0 heterocycles. The van der Waals surface area contributed by atoms with Crippen molar-refractivity contribution in [1.29, 1.82) is 0 Å². The van der Waals surface area contributed by atoms with Gasteiger partial charge in [0.1, 0.15) is 0 Å². The Morgan fingerprint density at radius 1 is 1.38 bits per heavy atom. The smallest absolute Gasteiger partial charge is 0.311 e. The molecule has 116 valence electrons. The van der Waals surface area contributed by atoms with E-state index in [0.29, 0.717) is 12.6 Å². The fourth-order valence-electron chi connectivity index (χ4n) is 2.80. The highest BCUT2D eigenvalue weighted by Gasteiger charge is 2.24. The molecular weight excluding hydrogens is 272 g/mol. The predicted molar refractivity (Wildman–Crippen MR) is 79.5 cm³/mol. The zero-order valence-electron chi connectivity index (χ0n) is 12.5. The first-order valence-corrected chi connectivity index (χ1v) is 7.26. The lowest BCUT2D eigenvalue weighted by atomic mass is 9.92. The highest BCUT2D eigenvalue weighted by Crippen LogP contribution is 2.28. The summed E-state index contributed by atoms with van der Waals surface area (Å²) in [6, 6.07) is 5.32. The van der Waals surface area contributed by atoms with Gasteiger partial charge < -0.3 is 14.8 Å². The molecule has 2 atom stereocenters. The van der Waals surface area contributed by atoms with Gasteiger partial charge in [-0.15, -0.1) is 0 Å². The summed E-state index contributed by atoms with van der Waals surface area (Å²) in [5, 5.41) is 14.3. The molecule has 0 aliphatic heterocycles. The number of nitro groups is 1. The van der Waals surface area contributed by atoms with Crippen LogP contribution in [0.2, 0.25) is 0 Å². The third kappa shape index (κ3) is 3.92. The van der Waals surface area contributed by atoms with Gasteiger partial charge in [0, 0.05) is 12.1 Å². The van der Waals surface area contributed by atoms with Crippen molar-refractivity contribution in [2.75, 3.05) is 14.2 Å². The Balaban J connectivity index is 2.02. The molecule has 2 unspecified atom stereocenters. The number of ether oxygens (including phenoxy) is 2. The van der Waals surface area contributed by atoms with Crippen molar-refractivity contribution < 1.29 is 14.4 Å². The van der Waals surface area contributed by atoms with Crippen LogP contribution in [0.1, 0.15) is 31.2 Å². The zero-order chi connectivity index (χ0) is 15.2. The monoisotopic (exact) mass is 294 g/mol. The van der Waals surface area contributed by atoms with E-state index in [-0.39, 0.29) is 17.5 Å². The molecule has 1 aromatic rings. The number of nitro benzene ring substituents is 1. The fraction of sp³-hybridized carbons (Fsp3) is 0.600. The van der Waals surface area contributed by atoms with Gasteiger partial charge in [0.2, 0.25) is 0 Å². The third-order valence-corrected chi connectivity index (χ3v) is 3.98. The first-order chi connectivity index (χ1) is 10.2. The Hall–Kier alpha value is -1.66. The largest absolute Gasteiger partial charge is 0.490 e. The van der Waals surface area contributed by atoms with Crippen molar-refractivity contribution in [3.63, 3.8) is 0 Å². The average Bonchev–Trinajstić information content (AvgIpc) is 2.52. The number of nitrogens with zero attached hydrogens (tertiary/aromatic N) is 1. The lowest BCUT2D eigenvalue weighted by molar-refractivity contribution is -0.385. The molecule has 1 fully saturated rings. The molecule has 21 heavy (non-hydrogen) atoms. The Morgan fingerprint density at radius 2 is 2.14 bits per heavy atom. The van der Waals surface area contributed by atoms with Crippen LogP contribution < -0.4 is 10.1 Å². The summed E-state index contributed by atoms with van der Waals surface area (Å²) in [4.78, 5) is 10.6. The molecule has 0 radical (unpaired) electrons. The number of rotatable bonds is 6. The SMILES string of the molecule is CNC1CCCCC1OCc1ccc(OC)c([N+](=O)[O-])c1. The van der Waals surface area contributed by atoms with Gasteiger partial charge in [0.25, 0.3) is 0 Å². The quantitative estimate of drug-likeness (QED) is 0.645. The van der Waals surface area contributed by atoms with Crippen LogP contribution in [0.15, 0.2) is 18.2 Å². The number of benzene rings is 1. The Kier molecular flexibility index (Phi) is 5.52. The highest BCUT2D eigenvalue weighted by molar-refractivity contribution is 5.48. The van der Waals surface area contributed by atoms with Crippen molar-refractivity contribution >= 4 is 5.69 Å². The molecule has 1 aliphatic rings. The minimum atomic E-state index is -0.431. The van der Waals surface area contributed by atoms with E-state index in [1.54, 1.807) is 6.07 Å². The van der Waals surface area contributed by atoms with Gasteiger partial charge >= 0.3 is 5.69 Å². The van der Waals surface area contributed by atoms with Crippen LogP contribution in [-0.2, 0) is 11.3 Å². The Labute approximate surface area is 124 Å². The molecular formula is C15H22N2O4. The number of methoxy groups -OCH3 is 1. The van der Waals surface area contributed by atoms with Crippen LogP contribution in [0.5, 0.6) is 5.75 Å². The van der Waals surface area contributed by atoms with E-state index in [1.165, 1.54) is 26.0 Å². The Bertz CT molecular complexity index is 493. The topological polar surface area (TPSA) is 73.6 Å². The molecule has 6 heteroatoms. The first-order valence-electron chi connectivity index (χ1n) is 7.26. The average molecular weight is 294 g/mol. The standard InChI is InChI=1S/C15H22N2O4/c1-16-12-5-3-4-6-14(12)21-10-11-7-8-15(20-2)13(9-11)17(18)19/h7-9,12,14,16H,3-6,10H2,1-2H3. The van der Waals surface area contributed by atoms with Gasteiger partial charge in [-0.1, -0.05) is 18.9 Å². The van der Waals surface area contributed by atoms with E-state index in [2.05, 4.69) is 5.32 Å². The molecule has 0 saturated heterocycles. The molecule has 6 nitrogen and oxygen atoms in total. The second kappa shape index (κ2) is 7.38. The van der Waals surface area contributed by atoms with Crippen LogP contribution in [-0.4, -0.2) is 31.2 Å². The molecule has 1 N–H and O–H groups in total. The van der Waals surface area contributed by atoms with Crippen LogP contribution >= 0.6 is 0 Å². The van der Waals surface area contributed by atoms with Crippen molar-refractivity contribution in [3.8, 4) is 5.75 Å². The molecule has 1 aliphatic carbocycles. The maximum atomic E-state index is 11.0. The molecule has 2 rings (SSSR count). The summed E-state index contributed by atoms with van der Waals surface area (Å²) >= 11 is 0. The molecule has 0 aromatic heterocycles. The van der Waals surface area contributed by atoms with Crippen LogP contribution in [0.25, 0.3) is 0 Å². The van der Waals surface area contributed by atoms with Crippen LogP contribution in [0.4, 0.5) is 5.69 Å². The first kappa shape index (κ1) is 15.7. The van der Waals surface area contributed by atoms with Crippen molar-refractivity contribution in [2.24, 2.45) is 0 Å². The molecule has 0 bridgehead atoms. The summed E-state index contributed by atoms with van der Waals surface area (Å²) in [6.07, 6.45) is 4.71. The van der Waals surface area contributed by atoms with E-state index in [0.717, 1.165) is 18.4 Å². The van der Waals surface area contributed by atoms with E-state index in [9.17, 15) is 10.1 Å². The second-order valence-electron chi connectivity index (χ2n) is 5.29. The summed E-state index contributed by atoms with van der Waals surface area (Å²) in [7, 11) is 3.38. The van der Waals surface area contributed by atoms with E-state index in [4.69, 9.17) is 9.47 Å². The van der Waals surface area contributed by atoms with Gasteiger partial charge in [-0.3, -0.25) is 10.1 Å². The van der Waals surface area contributed by atoms with E-state index >= 15 is 0 Å². The normalized spacial score (nSPS) is 22.0. The lowest BCUT2D eigenvalue weighted by Crippen LogP contribution is -2.41. The van der Waals surface area contributed by atoms with E-state index in [1.807, 2.05) is 13.1 Å². The summed E-state index contributed by atoms with van der Waals surface area (Å²) in [5.74, 6) is 0.273. The maximum Gasteiger partial charge on any atom is 0.311 e. The number of nitrogens with one attached hydrogen (secondary N) is 1. The summed E-state index contributed by atoms with van der Waals surface area (Å²) in [5.41, 5.74) is 0.773. The van der Waals surface area contributed by atoms with E-state index < -0.39 is 4.92 Å². The summed E-state index contributed by atoms with van der Waals surface area (Å²) in [6.45, 7) is 0.383. The number of hydrogen-bond donors (Lipinski definition) is 1. The van der Waals surface area contributed by atoms with Gasteiger partial charge in [-0.2, -0.15) is 0 Å². The minimum Gasteiger partial charge on any atom is -0.490 e. The molecule has 0 amide bonds. The lowest BCUT2D eigenvalue weighted by Gasteiger charge is -2.31. The predicted octanol–water partition coefficient (Wildman–Crippen LogP) is 2.65. The highest BCUT2D eigenvalue weighted by atomic mass is 16.6. The number of hydrogen-bond acceptors (Lipinski definition) is 5. The second-order valence-corrected chi connectivity index (χ2v) is 5.29. The maximum absolute atomic E-state index is 11.0. The third-order valence-electron chi connectivity index (χ3n) is 3.98. The van der Waals surface area contributed by atoms with Gasteiger partial charge in [-0.25, -0.2) is 0 Å². The van der Waals surface area contributed by atoms with Gasteiger partial charge in [0.05, 0.1) is 24.7 Å². The minimum absolute atomic E-state index is 0.0209. The Morgan fingerprint density at radius 3 is 2.81 bits per heavy atom. The van der Waals surface area contributed by atoms with Crippen molar-refractivity contribution in [2.45, 2.75) is 44.4 Å².